The molecule has 3 rings (SSSR count). The number of hydrogen-bond donors (Lipinski definition) is 0. The van der Waals surface area contributed by atoms with E-state index in [9.17, 15) is 13.2 Å². The minimum absolute atomic E-state index is 0.453. The monoisotopic (exact) mass is 455 g/mol. The van der Waals surface area contributed by atoms with Gasteiger partial charge in [-0.25, -0.2) is 4.98 Å². The fourth-order valence-corrected chi connectivity index (χ4v) is 3.93. The molecular weight excluding hydrogens is 447 g/mol. The van der Waals surface area contributed by atoms with Crippen LogP contribution in [0, 0.1) is 0 Å². The van der Waals surface area contributed by atoms with Crippen molar-refractivity contribution in [3.05, 3.63) is 75.4 Å². The molecule has 0 saturated heterocycles. The Bertz CT molecular complexity index is 877. The van der Waals surface area contributed by atoms with Crippen LogP contribution in [0.5, 0.6) is 0 Å². The Morgan fingerprint density at radius 2 is 1.50 bits per heavy atom. The summed E-state index contributed by atoms with van der Waals surface area (Å²) in [7, 11) is 0. The standard InChI is InChI=1S/C18H10Br2F3N/c19-16-14(12-7-4-8-13(9-12)18(21,22)23)10-24-17(20)15(16)11-5-2-1-3-6-11/h1-10H. The summed E-state index contributed by atoms with van der Waals surface area (Å²) in [4.78, 5) is 4.29. The maximum Gasteiger partial charge on any atom is 0.416 e. The zero-order valence-corrected chi connectivity index (χ0v) is 15.3. The molecule has 1 heterocycles. The topological polar surface area (TPSA) is 12.9 Å². The lowest BCUT2D eigenvalue weighted by atomic mass is 10.0. The first kappa shape index (κ1) is 17.2. The van der Waals surface area contributed by atoms with Gasteiger partial charge in [0.15, 0.2) is 0 Å². The summed E-state index contributed by atoms with van der Waals surface area (Å²) in [6.07, 6.45) is -2.83. The van der Waals surface area contributed by atoms with Gasteiger partial charge in [0.05, 0.1) is 5.56 Å². The normalized spacial score (nSPS) is 11.5. The van der Waals surface area contributed by atoms with Gasteiger partial charge in [-0.15, -0.1) is 0 Å². The Labute approximate surface area is 153 Å². The second-order valence-electron chi connectivity index (χ2n) is 5.10. The maximum absolute atomic E-state index is 13.0. The van der Waals surface area contributed by atoms with Gasteiger partial charge in [0.2, 0.25) is 0 Å². The molecule has 0 amide bonds. The van der Waals surface area contributed by atoms with Gasteiger partial charge in [-0.1, -0.05) is 42.5 Å². The van der Waals surface area contributed by atoms with Crippen molar-refractivity contribution in [3.8, 4) is 22.3 Å². The van der Waals surface area contributed by atoms with Crippen molar-refractivity contribution < 1.29 is 13.2 Å². The van der Waals surface area contributed by atoms with Crippen LogP contribution in [0.3, 0.4) is 0 Å². The van der Waals surface area contributed by atoms with E-state index >= 15 is 0 Å². The molecule has 24 heavy (non-hydrogen) atoms. The highest BCUT2D eigenvalue weighted by Gasteiger charge is 2.30. The minimum Gasteiger partial charge on any atom is -0.248 e. The number of halogens is 5. The second-order valence-corrected chi connectivity index (χ2v) is 6.64. The lowest BCUT2D eigenvalue weighted by molar-refractivity contribution is -0.137. The Kier molecular flexibility index (Phi) is 4.78. The first-order chi connectivity index (χ1) is 11.4. The van der Waals surface area contributed by atoms with Crippen molar-refractivity contribution in [1.29, 1.82) is 0 Å². The van der Waals surface area contributed by atoms with Crippen LogP contribution in [0.25, 0.3) is 22.3 Å². The molecule has 1 nitrogen and oxygen atoms in total. The fraction of sp³-hybridized carbons (Fsp3) is 0.0556. The van der Waals surface area contributed by atoms with E-state index in [0.717, 1.165) is 23.3 Å². The van der Waals surface area contributed by atoms with E-state index in [1.165, 1.54) is 6.07 Å². The molecule has 0 fully saturated rings. The lowest BCUT2D eigenvalue weighted by Crippen LogP contribution is -2.04. The number of rotatable bonds is 2. The van der Waals surface area contributed by atoms with Crippen molar-refractivity contribution in [3.63, 3.8) is 0 Å². The third-order valence-corrected chi connectivity index (χ3v) is 4.96. The number of hydrogen-bond acceptors (Lipinski definition) is 1. The molecule has 0 radical (unpaired) electrons. The number of nitrogens with zero attached hydrogens (tertiary/aromatic N) is 1. The van der Waals surface area contributed by atoms with Crippen molar-refractivity contribution in [1.82, 2.24) is 4.98 Å². The van der Waals surface area contributed by atoms with Crippen LogP contribution in [0.2, 0.25) is 0 Å². The Morgan fingerprint density at radius 1 is 0.833 bits per heavy atom. The van der Waals surface area contributed by atoms with Gasteiger partial charge >= 0.3 is 6.18 Å². The van der Waals surface area contributed by atoms with Crippen LogP contribution in [0.1, 0.15) is 5.56 Å². The van der Waals surface area contributed by atoms with Gasteiger partial charge in [0.1, 0.15) is 4.60 Å². The molecule has 0 aliphatic rings. The first-order valence-electron chi connectivity index (χ1n) is 6.95. The van der Waals surface area contributed by atoms with E-state index in [-0.39, 0.29) is 0 Å². The molecule has 2 aromatic carbocycles. The molecule has 3 aromatic rings. The van der Waals surface area contributed by atoms with Crippen LogP contribution in [-0.2, 0) is 6.18 Å². The Morgan fingerprint density at radius 3 is 2.17 bits per heavy atom. The molecule has 0 saturated carbocycles. The summed E-state index contributed by atoms with van der Waals surface area (Å²) >= 11 is 6.94. The predicted octanol–water partition coefficient (Wildman–Crippen LogP) is 6.96. The predicted molar refractivity (Wildman–Crippen MR) is 95.5 cm³/mol. The maximum atomic E-state index is 13.0. The van der Waals surface area contributed by atoms with Crippen LogP contribution in [0.4, 0.5) is 13.2 Å². The average molecular weight is 457 g/mol. The van der Waals surface area contributed by atoms with Crippen LogP contribution < -0.4 is 0 Å². The van der Waals surface area contributed by atoms with Gasteiger partial charge < -0.3 is 0 Å². The van der Waals surface area contributed by atoms with Crippen LogP contribution in [0.15, 0.2) is 69.9 Å². The molecule has 1 aromatic heterocycles. The third kappa shape index (κ3) is 3.39. The van der Waals surface area contributed by atoms with E-state index in [4.69, 9.17) is 0 Å². The van der Waals surface area contributed by atoms with Gasteiger partial charge in [-0.2, -0.15) is 13.2 Å². The largest absolute Gasteiger partial charge is 0.416 e. The number of benzene rings is 2. The van der Waals surface area contributed by atoms with Crippen LogP contribution in [-0.4, -0.2) is 4.98 Å². The molecule has 6 heteroatoms. The third-order valence-electron chi connectivity index (χ3n) is 3.53. The quantitative estimate of drug-likeness (QED) is 0.380. The summed E-state index contributed by atoms with van der Waals surface area (Å²) in [6, 6.07) is 14.7. The van der Waals surface area contributed by atoms with E-state index in [2.05, 4.69) is 36.8 Å². The van der Waals surface area contributed by atoms with Gasteiger partial charge in [-0.05, 0) is 55.1 Å². The Hall–Kier alpha value is -1.66. The zero-order valence-electron chi connectivity index (χ0n) is 12.1. The number of pyridine rings is 1. The lowest BCUT2D eigenvalue weighted by Gasteiger charge is -2.13. The van der Waals surface area contributed by atoms with Crippen molar-refractivity contribution in [2.45, 2.75) is 6.18 Å². The first-order valence-corrected chi connectivity index (χ1v) is 8.53. The van der Waals surface area contributed by atoms with Crippen molar-refractivity contribution in [2.24, 2.45) is 0 Å². The number of aromatic nitrogens is 1. The Balaban J connectivity index is 2.18. The van der Waals surface area contributed by atoms with Crippen molar-refractivity contribution in [2.75, 3.05) is 0 Å². The SMILES string of the molecule is FC(F)(F)c1cccc(-c2cnc(Br)c(-c3ccccc3)c2Br)c1. The summed E-state index contributed by atoms with van der Waals surface area (Å²) in [5.74, 6) is 0. The highest BCUT2D eigenvalue weighted by atomic mass is 79.9. The van der Waals surface area contributed by atoms with Crippen molar-refractivity contribution >= 4 is 31.9 Å². The molecule has 0 N–H and O–H groups in total. The molecular formula is C18H10Br2F3N. The summed E-state index contributed by atoms with van der Waals surface area (Å²) in [6.45, 7) is 0. The molecule has 0 atom stereocenters. The summed E-state index contributed by atoms with van der Waals surface area (Å²) in [5.41, 5.74) is 2.08. The fourth-order valence-electron chi connectivity index (χ4n) is 2.38. The van der Waals surface area contributed by atoms with Gasteiger partial charge in [0, 0.05) is 21.8 Å². The van der Waals surface area contributed by atoms with E-state index in [1.54, 1.807) is 12.3 Å². The molecule has 0 bridgehead atoms. The van der Waals surface area contributed by atoms with E-state index in [1.807, 2.05) is 30.3 Å². The van der Waals surface area contributed by atoms with Gasteiger partial charge in [0.25, 0.3) is 0 Å². The smallest absolute Gasteiger partial charge is 0.248 e. The van der Waals surface area contributed by atoms with E-state index < -0.39 is 11.7 Å². The minimum atomic E-state index is -4.38. The van der Waals surface area contributed by atoms with Crippen LogP contribution >= 0.6 is 31.9 Å². The highest BCUT2D eigenvalue weighted by Crippen LogP contribution is 2.41. The molecule has 0 unspecified atom stereocenters. The molecule has 0 aliphatic heterocycles. The zero-order chi connectivity index (χ0) is 17.3. The van der Waals surface area contributed by atoms with E-state index in [0.29, 0.717) is 20.2 Å². The average Bonchev–Trinajstić information content (AvgIpc) is 2.55. The molecule has 122 valence electrons. The summed E-state index contributed by atoms with van der Waals surface area (Å²) < 4.78 is 40.2. The summed E-state index contributed by atoms with van der Waals surface area (Å²) in [5, 5.41) is 0. The van der Waals surface area contributed by atoms with Gasteiger partial charge in [-0.3, -0.25) is 0 Å². The molecule has 0 aliphatic carbocycles. The second kappa shape index (κ2) is 6.69. The highest BCUT2D eigenvalue weighted by molar-refractivity contribution is 9.11. The number of alkyl halides is 3. The molecule has 0 spiro atoms.